The lowest BCUT2D eigenvalue weighted by atomic mass is 10.2. The van der Waals surface area contributed by atoms with Crippen molar-refractivity contribution in [3.63, 3.8) is 0 Å². The number of benzene rings is 1. The molecule has 0 saturated heterocycles. The smallest absolute Gasteiger partial charge is 0.125 e. The quantitative estimate of drug-likeness (QED) is 0.473. The van der Waals surface area contributed by atoms with Crippen LogP contribution in [-0.2, 0) is 0 Å². The Morgan fingerprint density at radius 3 is 2.53 bits per heavy atom. The second-order valence-corrected chi connectivity index (χ2v) is 3.75. The third-order valence-electron chi connectivity index (χ3n) is 2.36. The van der Waals surface area contributed by atoms with Crippen molar-refractivity contribution in [2.75, 3.05) is 0 Å². The summed E-state index contributed by atoms with van der Waals surface area (Å²) in [5.74, 6) is 0.472. The maximum absolute atomic E-state index is 5.95. The van der Waals surface area contributed by atoms with Gasteiger partial charge in [0.15, 0.2) is 0 Å². The molecule has 3 nitrogen and oxygen atoms in total. The number of amidine groups is 1. The molecule has 0 fully saturated rings. The van der Waals surface area contributed by atoms with E-state index in [4.69, 9.17) is 11.5 Å². The highest BCUT2D eigenvalue weighted by Crippen LogP contribution is 2.11. The van der Waals surface area contributed by atoms with Crippen molar-refractivity contribution in [2.24, 2.45) is 16.5 Å². The first-order valence-electron chi connectivity index (χ1n) is 5.59. The molecule has 17 heavy (non-hydrogen) atoms. The average molecular weight is 229 g/mol. The van der Waals surface area contributed by atoms with E-state index in [2.05, 4.69) is 4.99 Å². The number of hydrogen-bond donors (Lipinski definition) is 2. The third-order valence-corrected chi connectivity index (χ3v) is 2.36. The van der Waals surface area contributed by atoms with Crippen LogP contribution >= 0.6 is 0 Å². The van der Waals surface area contributed by atoms with Crippen LogP contribution in [0.4, 0.5) is 0 Å². The van der Waals surface area contributed by atoms with Gasteiger partial charge in [0.05, 0.1) is 0 Å². The monoisotopic (exact) mass is 229 g/mol. The molecule has 0 aliphatic carbocycles. The van der Waals surface area contributed by atoms with E-state index >= 15 is 0 Å². The van der Waals surface area contributed by atoms with Gasteiger partial charge >= 0.3 is 0 Å². The molecule has 0 aliphatic heterocycles. The van der Waals surface area contributed by atoms with Crippen LogP contribution in [0.5, 0.6) is 0 Å². The molecule has 0 aromatic heterocycles. The van der Waals surface area contributed by atoms with Crippen LogP contribution in [0.1, 0.15) is 25.6 Å². The van der Waals surface area contributed by atoms with Gasteiger partial charge in [0.25, 0.3) is 0 Å². The summed E-state index contributed by atoms with van der Waals surface area (Å²) in [7, 11) is 0. The fraction of sp³-hybridized carbons (Fsp3) is 0.214. The molecule has 1 aromatic rings. The molecule has 90 valence electrons. The number of aliphatic imine (C=N–C) groups is 1. The lowest BCUT2D eigenvalue weighted by Crippen LogP contribution is -2.18. The van der Waals surface area contributed by atoms with Gasteiger partial charge in [-0.1, -0.05) is 48.6 Å². The second kappa shape index (κ2) is 6.66. The predicted octanol–water partition coefficient (Wildman–Crippen LogP) is 2.52. The second-order valence-electron chi connectivity index (χ2n) is 3.75. The van der Waals surface area contributed by atoms with Gasteiger partial charge in [0.2, 0.25) is 0 Å². The highest BCUT2D eigenvalue weighted by molar-refractivity contribution is 5.96. The standard InChI is InChI=1S/C14H19N3/c1-3-4-8-11(2)13(15)17-14(16)12-9-6-5-7-10-12/h3-10,14H,16H2,1-2H3,(H2,15,17)/b4-3-,11-8+. The van der Waals surface area contributed by atoms with Crippen LogP contribution in [-0.4, -0.2) is 5.84 Å². The molecule has 0 bridgehead atoms. The molecule has 3 heteroatoms. The molecule has 1 unspecified atom stereocenters. The van der Waals surface area contributed by atoms with Crippen molar-refractivity contribution >= 4 is 5.84 Å². The van der Waals surface area contributed by atoms with E-state index in [-0.39, 0.29) is 0 Å². The molecule has 1 aromatic carbocycles. The van der Waals surface area contributed by atoms with Crippen LogP contribution in [0.15, 0.2) is 59.1 Å². The van der Waals surface area contributed by atoms with E-state index in [1.807, 2.05) is 62.4 Å². The SMILES string of the molecule is C/C=C\C=C(/C)C(N)=NC(N)c1ccccc1. The summed E-state index contributed by atoms with van der Waals surface area (Å²) >= 11 is 0. The zero-order valence-corrected chi connectivity index (χ0v) is 10.3. The molecule has 1 atom stereocenters. The predicted molar refractivity (Wildman–Crippen MR) is 73.6 cm³/mol. The molecule has 0 aliphatic rings. The van der Waals surface area contributed by atoms with Crippen molar-refractivity contribution in [1.29, 1.82) is 0 Å². The first-order chi connectivity index (χ1) is 8.15. The Bertz CT molecular complexity index is 430. The summed E-state index contributed by atoms with van der Waals surface area (Å²) in [6, 6.07) is 9.69. The van der Waals surface area contributed by atoms with E-state index in [9.17, 15) is 0 Å². The lowest BCUT2D eigenvalue weighted by molar-refractivity contribution is 0.774. The van der Waals surface area contributed by atoms with Crippen molar-refractivity contribution in [3.05, 3.63) is 59.7 Å². The van der Waals surface area contributed by atoms with E-state index < -0.39 is 6.17 Å². The number of rotatable bonds is 4. The first-order valence-corrected chi connectivity index (χ1v) is 5.59. The average Bonchev–Trinajstić information content (AvgIpc) is 2.36. The first kappa shape index (κ1) is 13.2. The van der Waals surface area contributed by atoms with Gasteiger partial charge in [0, 0.05) is 0 Å². The zero-order valence-electron chi connectivity index (χ0n) is 10.3. The summed E-state index contributed by atoms with van der Waals surface area (Å²) in [5.41, 5.74) is 13.7. The van der Waals surface area contributed by atoms with Gasteiger partial charge in [-0.15, -0.1) is 0 Å². The Kier molecular flexibility index (Phi) is 5.17. The molecule has 1 rings (SSSR count). The Balaban J connectivity index is 2.82. The van der Waals surface area contributed by atoms with E-state index in [1.165, 1.54) is 0 Å². The minimum absolute atomic E-state index is 0.412. The lowest BCUT2D eigenvalue weighted by Gasteiger charge is -2.08. The highest BCUT2D eigenvalue weighted by atomic mass is 15.0. The van der Waals surface area contributed by atoms with Crippen LogP contribution in [0.2, 0.25) is 0 Å². The number of allylic oxidation sites excluding steroid dienone is 3. The molecular weight excluding hydrogens is 210 g/mol. The van der Waals surface area contributed by atoms with Gasteiger partial charge < -0.3 is 11.5 Å². The Labute approximate surface area is 103 Å². The minimum Gasteiger partial charge on any atom is -0.384 e. The van der Waals surface area contributed by atoms with Crippen molar-refractivity contribution in [1.82, 2.24) is 0 Å². The van der Waals surface area contributed by atoms with E-state index in [1.54, 1.807) is 0 Å². The van der Waals surface area contributed by atoms with Gasteiger partial charge in [-0.25, -0.2) is 4.99 Å². The third kappa shape index (κ3) is 4.25. The maximum atomic E-state index is 5.95. The van der Waals surface area contributed by atoms with Crippen molar-refractivity contribution in [3.8, 4) is 0 Å². The highest BCUT2D eigenvalue weighted by Gasteiger charge is 2.04. The summed E-state index contributed by atoms with van der Waals surface area (Å²) < 4.78 is 0. The molecule has 4 N–H and O–H groups in total. The molecule has 0 radical (unpaired) electrons. The number of nitrogens with two attached hydrogens (primary N) is 2. The van der Waals surface area contributed by atoms with Crippen molar-refractivity contribution < 1.29 is 0 Å². The summed E-state index contributed by atoms with van der Waals surface area (Å²) in [5, 5.41) is 0. The summed E-state index contributed by atoms with van der Waals surface area (Å²) in [6.07, 6.45) is 5.36. The molecule has 0 heterocycles. The van der Waals surface area contributed by atoms with Gasteiger partial charge in [-0.2, -0.15) is 0 Å². The van der Waals surface area contributed by atoms with Crippen LogP contribution in [0.25, 0.3) is 0 Å². The van der Waals surface area contributed by atoms with Gasteiger partial charge in [-0.3, -0.25) is 0 Å². The Hall–Kier alpha value is -1.87. The summed E-state index contributed by atoms with van der Waals surface area (Å²) in [6.45, 7) is 3.86. The Morgan fingerprint density at radius 1 is 1.29 bits per heavy atom. The van der Waals surface area contributed by atoms with E-state index in [0.29, 0.717) is 5.84 Å². The molecule has 0 amide bonds. The largest absolute Gasteiger partial charge is 0.384 e. The molecule has 0 saturated carbocycles. The zero-order chi connectivity index (χ0) is 12.7. The molecule has 0 spiro atoms. The van der Waals surface area contributed by atoms with Crippen molar-refractivity contribution in [2.45, 2.75) is 20.0 Å². The van der Waals surface area contributed by atoms with Crippen LogP contribution < -0.4 is 11.5 Å². The molecular formula is C14H19N3. The number of nitrogens with zero attached hydrogens (tertiary/aromatic N) is 1. The fourth-order valence-electron chi connectivity index (χ4n) is 1.30. The summed E-state index contributed by atoms with van der Waals surface area (Å²) in [4.78, 5) is 4.27. The van der Waals surface area contributed by atoms with E-state index in [0.717, 1.165) is 11.1 Å². The van der Waals surface area contributed by atoms with Gasteiger partial charge in [0.1, 0.15) is 12.0 Å². The topological polar surface area (TPSA) is 64.4 Å². The van der Waals surface area contributed by atoms with Gasteiger partial charge in [-0.05, 0) is 25.0 Å². The van der Waals surface area contributed by atoms with Crippen LogP contribution in [0.3, 0.4) is 0 Å². The normalized spacial score (nSPS) is 15.2. The number of hydrogen-bond acceptors (Lipinski definition) is 2. The Morgan fingerprint density at radius 2 is 1.94 bits per heavy atom. The fourth-order valence-corrected chi connectivity index (χ4v) is 1.30. The minimum atomic E-state index is -0.412. The van der Waals surface area contributed by atoms with Crippen LogP contribution in [0, 0.1) is 0 Å². The maximum Gasteiger partial charge on any atom is 0.125 e.